The Bertz CT molecular complexity index is 731. The lowest BCUT2D eigenvalue weighted by molar-refractivity contribution is -0.105. The second-order valence-electron chi connectivity index (χ2n) is 6.86. The number of β-amino-alcohol motifs (C(OH)–C–C–N with tert-alkyl or cyclic N) is 1. The van der Waals surface area contributed by atoms with E-state index < -0.39 is 5.60 Å². The molecule has 2 aliphatic heterocycles. The van der Waals surface area contributed by atoms with Crippen molar-refractivity contribution in [1.29, 1.82) is 0 Å². The molecule has 0 saturated carbocycles. The van der Waals surface area contributed by atoms with Gasteiger partial charge in [-0.3, -0.25) is 9.69 Å². The van der Waals surface area contributed by atoms with Gasteiger partial charge < -0.3 is 15.0 Å². The lowest BCUT2D eigenvalue weighted by Gasteiger charge is -2.47. The first kappa shape index (κ1) is 13.9. The summed E-state index contributed by atoms with van der Waals surface area (Å²) in [6, 6.07) is 6.16. The third kappa shape index (κ3) is 2.26. The number of benzene rings is 1. The summed E-state index contributed by atoms with van der Waals surface area (Å²) >= 11 is 0. The summed E-state index contributed by atoms with van der Waals surface area (Å²) in [5, 5.41) is 11.6. The zero-order valence-electron chi connectivity index (χ0n) is 12.8. The van der Waals surface area contributed by atoms with Crippen LogP contribution in [-0.4, -0.2) is 65.0 Å². The monoisotopic (exact) mass is 299 g/mol. The minimum atomic E-state index is -0.563. The maximum atomic E-state index is 11.0. The summed E-state index contributed by atoms with van der Waals surface area (Å²) in [5.41, 5.74) is 3.73. The second-order valence-corrected chi connectivity index (χ2v) is 6.86. The van der Waals surface area contributed by atoms with E-state index in [0.717, 1.165) is 56.3 Å². The predicted octanol–water partition coefficient (Wildman–Crippen LogP) is 1.01. The Kier molecular flexibility index (Phi) is 3.11. The van der Waals surface area contributed by atoms with E-state index in [1.54, 1.807) is 0 Å². The van der Waals surface area contributed by atoms with Gasteiger partial charge in [-0.25, -0.2) is 0 Å². The highest BCUT2D eigenvalue weighted by atomic mass is 16.3. The van der Waals surface area contributed by atoms with E-state index >= 15 is 0 Å². The van der Waals surface area contributed by atoms with Crippen molar-refractivity contribution in [3.05, 3.63) is 35.0 Å². The smallest absolute Gasteiger partial charge is 0.166 e. The molecule has 116 valence electrons. The number of rotatable bonds is 3. The van der Waals surface area contributed by atoms with Crippen molar-refractivity contribution in [2.24, 2.45) is 0 Å². The molecule has 0 spiro atoms. The Balaban J connectivity index is 1.61. The van der Waals surface area contributed by atoms with Gasteiger partial charge in [0.25, 0.3) is 0 Å². The second kappa shape index (κ2) is 4.91. The lowest BCUT2D eigenvalue weighted by Crippen LogP contribution is -2.65. The van der Waals surface area contributed by atoms with Gasteiger partial charge in [0.1, 0.15) is 5.60 Å². The molecule has 2 N–H and O–H groups in total. The van der Waals surface area contributed by atoms with E-state index in [2.05, 4.69) is 26.9 Å². The number of aromatic nitrogens is 1. The summed E-state index contributed by atoms with van der Waals surface area (Å²) in [7, 11) is 2.03. The lowest BCUT2D eigenvalue weighted by atomic mass is 9.91. The molecule has 22 heavy (non-hydrogen) atoms. The third-order valence-corrected chi connectivity index (χ3v) is 4.89. The van der Waals surface area contributed by atoms with Gasteiger partial charge in [0, 0.05) is 43.6 Å². The minimum absolute atomic E-state index is 0.563. The SMILES string of the molecule is CN1CC(O)(CN2CCc3ccc4[nH]c(C=O)cc4c3C2)C1. The average Bonchev–Trinajstić information content (AvgIpc) is 2.89. The number of aromatic amines is 1. The molecular formula is C17H21N3O2. The van der Waals surface area contributed by atoms with Crippen LogP contribution < -0.4 is 0 Å². The molecule has 1 fully saturated rings. The molecule has 0 amide bonds. The normalized spacial score (nSPS) is 21.5. The van der Waals surface area contributed by atoms with Gasteiger partial charge >= 0.3 is 0 Å². The number of hydrogen-bond donors (Lipinski definition) is 2. The van der Waals surface area contributed by atoms with Crippen LogP contribution in [0.5, 0.6) is 0 Å². The molecule has 3 heterocycles. The molecule has 1 saturated heterocycles. The molecule has 0 radical (unpaired) electrons. The largest absolute Gasteiger partial charge is 0.386 e. The van der Waals surface area contributed by atoms with Gasteiger partial charge in [0.05, 0.1) is 5.69 Å². The van der Waals surface area contributed by atoms with Crippen molar-refractivity contribution >= 4 is 17.2 Å². The van der Waals surface area contributed by atoms with Crippen LogP contribution in [0.1, 0.15) is 21.6 Å². The number of aldehydes is 1. The van der Waals surface area contributed by atoms with Crippen molar-refractivity contribution in [3.8, 4) is 0 Å². The van der Waals surface area contributed by atoms with Gasteiger partial charge in [-0.1, -0.05) is 6.07 Å². The Morgan fingerprint density at radius 1 is 1.41 bits per heavy atom. The van der Waals surface area contributed by atoms with Crippen LogP contribution in [0.15, 0.2) is 18.2 Å². The molecule has 0 unspecified atom stereocenters. The number of carbonyl (C=O) groups is 1. The number of carbonyl (C=O) groups excluding carboxylic acids is 1. The minimum Gasteiger partial charge on any atom is -0.386 e. The Morgan fingerprint density at radius 2 is 2.23 bits per heavy atom. The van der Waals surface area contributed by atoms with Crippen LogP contribution in [0, 0.1) is 0 Å². The first-order valence-corrected chi connectivity index (χ1v) is 7.78. The van der Waals surface area contributed by atoms with Crippen LogP contribution in [0.4, 0.5) is 0 Å². The van der Waals surface area contributed by atoms with Crippen LogP contribution in [0.2, 0.25) is 0 Å². The summed E-state index contributed by atoms with van der Waals surface area (Å²) in [5.74, 6) is 0. The van der Waals surface area contributed by atoms with Gasteiger partial charge in [-0.2, -0.15) is 0 Å². The number of likely N-dealkylation sites (tertiary alicyclic amines) is 1. The van der Waals surface area contributed by atoms with E-state index in [0.29, 0.717) is 5.69 Å². The van der Waals surface area contributed by atoms with Crippen molar-refractivity contribution in [3.63, 3.8) is 0 Å². The topological polar surface area (TPSA) is 59.6 Å². The summed E-state index contributed by atoms with van der Waals surface area (Å²) in [6.45, 7) is 4.04. The van der Waals surface area contributed by atoms with Crippen LogP contribution in [0.3, 0.4) is 0 Å². The zero-order chi connectivity index (χ0) is 15.3. The highest BCUT2D eigenvalue weighted by Gasteiger charge is 2.40. The van der Waals surface area contributed by atoms with E-state index in [4.69, 9.17) is 0 Å². The van der Waals surface area contributed by atoms with Crippen molar-refractivity contribution in [1.82, 2.24) is 14.8 Å². The molecule has 2 aromatic rings. The van der Waals surface area contributed by atoms with Crippen molar-refractivity contribution < 1.29 is 9.90 Å². The fraction of sp³-hybridized carbons (Fsp3) is 0.471. The molecule has 5 nitrogen and oxygen atoms in total. The van der Waals surface area contributed by atoms with Gasteiger partial charge in [-0.15, -0.1) is 0 Å². The van der Waals surface area contributed by atoms with E-state index in [1.807, 2.05) is 13.1 Å². The van der Waals surface area contributed by atoms with Crippen molar-refractivity contribution in [2.45, 2.75) is 18.6 Å². The summed E-state index contributed by atoms with van der Waals surface area (Å²) in [4.78, 5) is 18.6. The maximum Gasteiger partial charge on any atom is 0.166 e. The highest BCUT2D eigenvalue weighted by Crippen LogP contribution is 2.30. The molecule has 0 atom stereocenters. The fourth-order valence-corrected chi connectivity index (χ4v) is 4.01. The fourth-order valence-electron chi connectivity index (χ4n) is 4.01. The first-order chi connectivity index (χ1) is 10.6. The van der Waals surface area contributed by atoms with E-state index in [-0.39, 0.29) is 0 Å². The Labute approximate surface area is 129 Å². The van der Waals surface area contributed by atoms with E-state index in [1.165, 1.54) is 11.1 Å². The number of nitrogens with one attached hydrogen (secondary N) is 1. The number of likely N-dealkylation sites (N-methyl/N-ethyl adjacent to an activating group) is 1. The third-order valence-electron chi connectivity index (χ3n) is 4.89. The molecule has 4 rings (SSSR count). The number of H-pyrrole nitrogens is 1. The molecule has 1 aromatic carbocycles. The number of fused-ring (bicyclic) bond motifs is 3. The average molecular weight is 299 g/mol. The Hall–Kier alpha value is -1.69. The first-order valence-electron chi connectivity index (χ1n) is 7.78. The van der Waals surface area contributed by atoms with Gasteiger partial charge in [0.15, 0.2) is 6.29 Å². The molecule has 0 aliphatic carbocycles. The molecule has 0 bridgehead atoms. The van der Waals surface area contributed by atoms with Crippen LogP contribution >= 0.6 is 0 Å². The predicted molar refractivity (Wildman–Crippen MR) is 85.1 cm³/mol. The van der Waals surface area contributed by atoms with Gasteiger partial charge in [-0.05, 0) is 36.7 Å². The summed E-state index contributed by atoms with van der Waals surface area (Å²) in [6.07, 6.45) is 1.86. The highest BCUT2D eigenvalue weighted by molar-refractivity contribution is 5.90. The maximum absolute atomic E-state index is 11.0. The Morgan fingerprint density at radius 3 is 2.95 bits per heavy atom. The standard InChI is InChI=1S/C17H21N3O2/c1-19-9-17(22,10-19)11-20-5-4-12-2-3-16-14(15(12)7-20)6-13(8-21)18-16/h2-3,6,8,18,22H,4-5,7,9-11H2,1H3. The number of hydrogen-bond acceptors (Lipinski definition) is 4. The van der Waals surface area contributed by atoms with Crippen molar-refractivity contribution in [2.75, 3.05) is 33.2 Å². The quantitative estimate of drug-likeness (QED) is 0.831. The molecule has 5 heteroatoms. The number of aliphatic hydroxyl groups is 1. The van der Waals surface area contributed by atoms with Crippen LogP contribution in [-0.2, 0) is 13.0 Å². The van der Waals surface area contributed by atoms with E-state index in [9.17, 15) is 9.90 Å². The summed E-state index contributed by atoms with van der Waals surface area (Å²) < 4.78 is 0. The molecule has 1 aromatic heterocycles. The molecule has 2 aliphatic rings. The number of nitrogens with zero attached hydrogens (tertiary/aromatic N) is 2. The van der Waals surface area contributed by atoms with Gasteiger partial charge in [0.2, 0.25) is 0 Å². The molecular weight excluding hydrogens is 278 g/mol. The zero-order valence-corrected chi connectivity index (χ0v) is 12.8. The van der Waals surface area contributed by atoms with Crippen LogP contribution in [0.25, 0.3) is 10.9 Å².